The fraction of sp³-hybridized carbons (Fsp3) is 0.357. The molecule has 2 N–H and O–H groups in total. The van der Waals surface area contributed by atoms with Crippen LogP contribution in [0.3, 0.4) is 0 Å². The molecule has 0 spiro atoms. The highest BCUT2D eigenvalue weighted by Gasteiger charge is 2.19. The monoisotopic (exact) mass is 275 g/mol. The molecule has 6 nitrogen and oxygen atoms in total. The number of hydrogen-bond donors (Lipinski definition) is 1. The maximum Gasteiger partial charge on any atom is 0.276 e. The number of amides is 1. The number of nitrogens with zero attached hydrogens (tertiary/aromatic N) is 2. The first-order valence-corrected chi connectivity index (χ1v) is 6.51. The van der Waals surface area contributed by atoms with E-state index in [0.29, 0.717) is 18.5 Å². The topological polar surface area (TPSA) is 89.5 Å². The average molecular weight is 275 g/mol. The van der Waals surface area contributed by atoms with E-state index < -0.39 is 0 Å². The van der Waals surface area contributed by atoms with Crippen molar-refractivity contribution in [2.24, 2.45) is 5.73 Å². The summed E-state index contributed by atoms with van der Waals surface area (Å²) < 4.78 is 0. The molecule has 0 bridgehead atoms. The van der Waals surface area contributed by atoms with Crippen molar-refractivity contribution in [2.45, 2.75) is 12.8 Å². The summed E-state index contributed by atoms with van der Waals surface area (Å²) in [6.45, 7) is 1.66. The smallest absolute Gasteiger partial charge is 0.276 e. The van der Waals surface area contributed by atoms with E-state index in [1.807, 2.05) is 11.0 Å². The molecule has 1 aromatic rings. The molecule has 106 valence electrons. The maximum atomic E-state index is 11.1. The predicted molar refractivity (Wildman–Crippen MR) is 75.9 cm³/mol. The van der Waals surface area contributed by atoms with E-state index in [4.69, 9.17) is 5.73 Å². The Bertz CT molecular complexity index is 554. The fourth-order valence-electron chi connectivity index (χ4n) is 2.44. The van der Waals surface area contributed by atoms with Crippen molar-refractivity contribution in [3.05, 3.63) is 46.0 Å². The van der Waals surface area contributed by atoms with Gasteiger partial charge in [-0.1, -0.05) is 18.2 Å². The van der Waals surface area contributed by atoms with Crippen molar-refractivity contribution < 1.29 is 9.72 Å². The Balaban J connectivity index is 2.16. The molecule has 1 aliphatic heterocycles. The number of carbonyl (C=O) groups is 1. The average Bonchev–Trinajstić information content (AvgIpc) is 2.63. The summed E-state index contributed by atoms with van der Waals surface area (Å²) in [4.78, 5) is 23.6. The molecule has 1 aliphatic rings. The summed E-state index contributed by atoms with van der Waals surface area (Å²) in [6.07, 6.45) is 3.45. The SMILES string of the molecule is NC(=O)CN1CCC=C(c2ccccc2[N+](=O)[O-])CC1. The minimum atomic E-state index is -0.359. The summed E-state index contributed by atoms with van der Waals surface area (Å²) in [5.74, 6) is -0.348. The Kier molecular flexibility index (Phi) is 4.47. The molecule has 0 radical (unpaired) electrons. The van der Waals surface area contributed by atoms with Crippen LogP contribution in [0.2, 0.25) is 0 Å². The first-order chi connectivity index (χ1) is 9.58. The molecule has 0 unspecified atom stereocenters. The molecule has 0 saturated heterocycles. The van der Waals surface area contributed by atoms with E-state index in [-0.39, 0.29) is 23.1 Å². The third-order valence-electron chi connectivity index (χ3n) is 3.36. The largest absolute Gasteiger partial charge is 0.369 e. The van der Waals surface area contributed by atoms with Crippen LogP contribution >= 0.6 is 0 Å². The zero-order valence-electron chi connectivity index (χ0n) is 11.1. The van der Waals surface area contributed by atoms with Crippen LogP contribution in [-0.4, -0.2) is 35.4 Å². The second-order valence-electron chi connectivity index (χ2n) is 4.78. The lowest BCUT2D eigenvalue weighted by Gasteiger charge is -2.17. The fourth-order valence-corrected chi connectivity index (χ4v) is 2.44. The molecule has 0 fully saturated rings. The zero-order valence-corrected chi connectivity index (χ0v) is 11.1. The number of nitro benzene ring substituents is 1. The summed E-state index contributed by atoms with van der Waals surface area (Å²) in [7, 11) is 0. The molecule has 20 heavy (non-hydrogen) atoms. The standard InChI is InChI=1S/C14H17N3O3/c15-14(18)10-16-8-3-4-11(7-9-16)12-5-1-2-6-13(12)17(19)20/h1-2,4-6H,3,7-10H2,(H2,15,18). The van der Waals surface area contributed by atoms with Crippen molar-refractivity contribution in [1.29, 1.82) is 0 Å². The summed E-state index contributed by atoms with van der Waals surface area (Å²) in [5, 5.41) is 11.1. The summed E-state index contributed by atoms with van der Waals surface area (Å²) in [5.41, 5.74) is 6.95. The third-order valence-corrected chi connectivity index (χ3v) is 3.36. The number of benzene rings is 1. The third kappa shape index (κ3) is 3.42. The van der Waals surface area contributed by atoms with Gasteiger partial charge in [0.25, 0.3) is 5.69 Å². The number of para-hydroxylation sites is 1. The van der Waals surface area contributed by atoms with E-state index in [2.05, 4.69) is 0 Å². The van der Waals surface area contributed by atoms with Crippen LogP contribution in [0.4, 0.5) is 5.69 Å². The molecular weight excluding hydrogens is 258 g/mol. The lowest BCUT2D eigenvalue weighted by molar-refractivity contribution is -0.385. The second kappa shape index (κ2) is 6.29. The van der Waals surface area contributed by atoms with E-state index in [0.717, 1.165) is 18.5 Å². The van der Waals surface area contributed by atoms with Gasteiger partial charge in [-0.2, -0.15) is 0 Å². The number of nitrogens with two attached hydrogens (primary N) is 1. The normalized spacial score (nSPS) is 16.3. The molecule has 0 aromatic heterocycles. The zero-order chi connectivity index (χ0) is 14.5. The van der Waals surface area contributed by atoms with Gasteiger partial charge in [0, 0.05) is 19.2 Å². The minimum Gasteiger partial charge on any atom is -0.369 e. The summed E-state index contributed by atoms with van der Waals surface area (Å²) in [6, 6.07) is 6.75. The number of primary amides is 1. The highest BCUT2D eigenvalue weighted by Crippen LogP contribution is 2.29. The van der Waals surface area contributed by atoms with Gasteiger partial charge in [-0.3, -0.25) is 19.8 Å². The Hall–Kier alpha value is -2.21. The van der Waals surface area contributed by atoms with Crippen LogP contribution < -0.4 is 5.73 Å². The molecule has 0 aliphatic carbocycles. The van der Waals surface area contributed by atoms with Crippen LogP contribution in [0, 0.1) is 10.1 Å². The van der Waals surface area contributed by atoms with Crippen molar-refractivity contribution in [1.82, 2.24) is 4.90 Å². The Morgan fingerprint density at radius 3 is 2.80 bits per heavy atom. The molecule has 1 heterocycles. The van der Waals surface area contributed by atoms with Crippen LogP contribution in [0.1, 0.15) is 18.4 Å². The molecule has 1 amide bonds. The highest BCUT2D eigenvalue weighted by molar-refractivity contribution is 5.76. The number of nitro groups is 1. The molecule has 1 aromatic carbocycles. The minimum absolute atomic E-state index is 0.127. The van der Waals surface area contributed by atoms with Gasteiger partial charge in [-0.05, 0) is 24.5 Å². The van der Waals surface area contributed by atoms with Crippen molar-refractivity contribution in [3.63, 3.8) is 0 Å². The second-order valence-corrected chi connectivity index (χ2v) is 4.78. The van der Waals surface area contributed by atoms with Gasteiger partial charge in [0.15, 0.2) is 0 Å². The van der Waals surface area contributed by atoms with E-state index in [1.165, 1.54) is 6.07 Å². The first kappa shape index (κ1) is 14.2. The van der Waals surface area contributed by atoms with Crippen molar-refractivity contribution in [2.75, 3.05) is 19.6 Å². The van der Waals surface area contributed by atoms with E-state index in [1.54, 1.807) is 18.2 Å². The van der Waals surface area contributed by atoms with Gasteiger partial charge in [-0.15, -0.1) is 0 Å². The van der Waals surface area contributed by atoms with Crippen molar-refractivity contribution in [3.8, 4) is 0 Å². The van der Waals surface area contributed by atoms with Gasteiger partial charge in [0.2, 0.25) is 5.91 Å². The lowest BCUT2D eigenvalue weighted by Crippen LogP contribution is -2.34. The molecule has 0 atom stereocenters. The van der Waals surface area contributed by atoms with E-state index >= 15 is 0 Å². The summed E-state index contributed by atoms with van der Waals surface area (Å²) >= 11 is 0. The molecule has 0 saturated carbocycles. The van der Waals surface area contributed by atoms with Crippen molar-refractivity contribution >= 4 is 17.2 Å². The predicted octanol–water partition coefficient (Wildman–Crippen LogP) is 1.56. The van der Waals surface area contributed by atoms with Gasteiger partial charge in [-0.25, -0.2) is 0 Å². The van der Waals surface area contributed by atoms with Crippen LogP contribution in [0.5, 0.6) is 0 Å². The number of hydrogen-bond acceptors (Lipinski definition) is 4. The molecule has 2 rings (SSSR count). The molecule has 6 heteroatoms. The molecular formula is C14H17N3O3. The quantitative estimate of drug-likeness (QED) is 0.667. The lowest BCUT2D eigenvalue weighted by atomic mass is 10.0. The van der Waals surface area contributed by atoms with Gasteiger partial charge < -0.3 is 5.73 Å². The first-order valence-electron chi connectivity index (χ1n) is 6.51. The number of carbonyl (C=O) groups excluding carboxylic acids is 1. The maximum absolute atomic E-state index is 11.1. The van der Waals surface area contributed by atoms with Crippen LogP contribution in [0.15, 0.2) is 30.3 Å². The van der Waals surface area contributed by atoms with Crippen LogP contribution in [0.25, 0.3) is 5.57 Å². The Labute approximate surface area is 117 Å². The Morgan fingerprint density at radius 1 is 1.35 bits per heavy atom. The van der Waals surface area contributed by atoms with Gasteiger partial charge >= 0.3 is 0 Å². The van der Waals surface area contributed by atoms with E-state index in [9.17, 15) is 14.9 Å². The van der Waals surface area contributed by atoms with Gasteiger partial charge in [0.05, 0.1) is 17.0 Å². The van der Waals surface area contributed by atoms with Gasteiger partial charge in [0.1, 0.15) is 0 Å². The van der Waals surface area contributed by atoms with Crippen LogP contribution in [-0.2, 0) is 4.79 Å². The Morgan fingerprint density at radius 2 is 2.10 bits per heavy atom. The highest BCUT2D eigenvalue weighted by atomic mass is 16.6. The number of rotatable bonds is 4.